The maximum absolute atomic E-state index is 5.64. The van der Waals surface area contributed by atoms with E-state index in [9.17, 15) is 0 Å². The van der Waals surface area contributed by atoms with Crippen LogP contribution in [0, 0.1) is 0 Å². The molecule has 1 fully saturated rings. The van der Waals surface area contributed by atoms with Gasteiger partial charge < -0.3 is 9.30 Å². The Bertz CT molecular complexity index is 576. The SMILES string of the molecule is CO[C@@H]1CN(Cc2cccn2C)C[C@H]1c1cn(C)nn1. The van der Waals surface area contributed by atoms with Gasteiger partial charge in [0, 0.05) is 64.8 Å². The Labute approximate surface area is 118 Å². The molecule has 2 atom stereocenters. The first-order chi connectivity index (χ1) is 9.67. The van der Waals surface area contributed by atoms with E-state index in [1.54, 1.807) is 11.8 Å². The maximum atomic E-state index is 5.64. The molecule has 108 valence electrons. The number of likely N-dealkylation sites (tertiary alicyclic amines) is 1. The van der Waals surface area contributed by atoms with Gasteiger partial charge in [0.25, 0.3) is 0 Å². The topological polar surface area (TPSA) is 48.1 Å². The van der Waals surface area contributed by atoms with Gasteiger partial charge in [-0.1, -0.05) is 5.21 Å². The number of hydrogen-bond donors (Lipinski definition) is 0. The molecule has 0 amide bonds. The van der Waals surface area contributed by atoms with Gasteiger partial charge >= 0.3 is 0 Å². The lowest BCUT2D eigenvalue weighted by Crippen LogP contribution is -2.23. The Hall–Kier alpha value is -1.66. The second kappa shape index (κ2) is 5.38. The van der Waals surface area contributed by atoms with Gasteiger partial charge in [0.15, 0.2) is 0 Å². The van der Waals surface area contributed by atoms with Crippen molar-refractivity contribution in [2.75, 3.05) is 20.2 Å². The maximum Gasteiger partial charge on any atom is 0.0897 e. The van der Waals surface area contributed by atoms with E-state index in [2.05, 4.69) is 45.2 Å². The normalized spacial score (nSPS) is 23.6. The van der Waals surface area contributed by atoms with Gasteiger partial charge in [-0.05, 0) is 12.1 Å². The molecule has 1 aliphatic rings. The first-order valence-electron chi connectivity index (χ1n) is 6.89. The van der Waals surface area contributed by atoms with E-state index in [-0.39, 0.29) is 6.10 Å². The quantitative estimate of drug-likeness (QED) is 0.827. The summed E-state index contributed by atoms with van der Waals surface area (Å²) in [6.45, 7) is 2.84. The summed E-state index contributed by atoms with van der Waals surface area (Å²) >= 11 is 0. The molecule has 0 aromatic carbocycles. The minimum Gasteiger partial charge on any atom is -0.379 e. The predicted octanol–water partition coefficient (Wildman–Crippen LogP) is 0.768. The molecule has 2 aromatic heterocycles. The smallest absolute Gasteiger partial charge is 0.0897 e. The van der Waals surface area contributed by atoms with Gasteiger partial charge in [0.2, 0.25) is 0 Å². The molecule has 0 bridgehead atoms. The zero-order valence-corrected chi connectivity index (χ0v) is 12.2. The van der Waals surface area contributed by atoms with Crippen LogP contribution in [-0.4, -0.2) is 50.8 Å². The van der Waals surface area contributed by atoms with Gasteiger partial charge in [-0.3, -0.25) is 9.58 Å². The molecular formula is C14H21N5O. The molecule has 0 N–H and O–H groups in total. The van der Waals surface area contributed by atoms with E-state index in [4.69, 9.17) is 4.74 Å². The van der Waals surface area contributed by atoms with E-state index >= 15 is 0 Å². The average molecular weight is 275 g/mol. The molecule has 6 heteroatoms. The summed E-state index contributed by atoms with van der Waals surface area (Å²) in [5, 5.41) is 8.28. The van der Waals surface area contributed by atoms with Crippen LogP contribution in [0.5, 0.6) is 0 Å². The monoisotopic (exact) mass is 275 g/mol. The highest BCUT2D eigenvalue weighted by Crippen LogP contribution is 2.29. The fourth-order valence-corrected chi connectivity index (χ4v) is 2.93. The number of hydrogen-bond acceptors (Lipinski definition) is 4. The third-order valence-electron chi connectivity index (χ3n) is 4.08. The van der Waals surface area contributed by atoms with Crippen molar-refractivity contribution in [1.82, 2.24) is 24.5 Å². The minimum absolute atomic E-state index is 0.187. The van der Waals surface area contributed by atoms with Gasteiger partial charge in [0.1, 0.15) is 0 Å². The van der Waals surface area contributed by atoms with Crippen molar-refractivity contribution in [3.8, 4) is 0 Å². The number of ether oxygens (including phenoxy) is 1. The van der Waals surface area contributed by atoms with E-state index < -0.39 is 0 Å². The summed E-state index contributed by atoms with van der Waals surface area (Å²) < 4.78 is 9.56. The number of methoxy groups -OCH3 is 1. The fraction of sp³-hybridized carbons (Fsp3) is 0.571. The summed E-state index contributed by atoms with van der Waals surface area (Å²) in [4.78, 5) is 2.42. The standard InChI is InChI=1S/C14H21N5O/c1-17-6-4-5-11(17)7-19-8-12(14(10-19)20-3)13-9-18(2)16-15-13/h4-6,9,12,14H,7-8,10H2,1-3H3/t12-,14+/m0/s1. The molecule has 0 aliphatic carbocycles. The van der Waals surface area contributed by atoms with Crippen LogP contribution < -0.4 is 0 Å². The van der Waals surface area contributed by atoms with Gasteiger partial charge in [-0.25, -0.2) is 0 Å². The van der Waals surface area contributed by atoms with E-state index in [0.717, 1.165) is 25.3 Å². The second-order valence-electron chi connectivity index (χ2n) is 5.50. The van der Waals surface area contributed by atoms with E-state index in [1.807, 2.05) is 13.2 Å². The number of rotatable bonds is 4. The van der Waals surface area contributed by atoms with Crippen LogP contribution in [0.4, 0.5) is 0 Å². The van der Waals surface area contributed by atoms with Crippen LogP contribution in [0.25, 0.3) is 0 Å². The predicted molar refractivity (Wildman–Crippen MR) is 75.2 cm³/mol. The highest BCUT2D eigenvalue weighted by Gasteiger charge is 2.35. The molecule has 6 nitrogen and oxygen atoms in total. The third kappa shape index (κ3) is 2.48. The molecule has 3 rings (SSSR count). The van der Waals surface area contributed by atoms with E-state index in [1.165, 1.54) is 5.69 Å². The van der Waals surface area contributed by atoms with Crippen LogP contribution in [0.2, 0.25) is 0 Å². The van der Waals surface area contributed by atoms with Crippen LogP contribution >= 0.6 is 0 Å². The molecule has 0 radical (unpaired) electrons. The van der Waals surface area contributed by atoms with Crippen LogP contribution in [0.1, 0.15) is 17.3 Å². The van der Waals surface area contributed by atoms with Crippen molar-refractivity contribution >= 4 is 0 Å². The number of aromatic nitrogens is 4. The molecule has 1 aliphatic heterocycles. The molecule has 0 spiro atoms. The van der Waals surface area contributed by atoms with Gasteiger partial charge in [-0.2, -0.15) is 0 Å². The van der Waals surface area contributed by atoms with Gasteiger partial charge in [-0.15, -0.1) is 5.10 Å². The molecule has 3 heterocycles. The van der Waals surface area contributed by atoms with E-state index in [0.29, 0.717) is 5.92 Å². The van der Waals surface area contributed by atoms with Crippen molar-refractivity contribution in [2.24, 2.45) is 14.1 Å². The summed E-state index contributed by atoms with van der Waals surface area (Å²) in [5.41, 5.74) is 2.34. The molecule has 20 heavy (non-hydrogen) atoms. The molecule has 2 aromatic rings. The lowest BCUT2D eigenvalue weighted by molar-refractivity contribution is 0.0955. The van der Waals surface area contributed by atoms with Crippen molar-refractivity contribution in [3.05, 3.63) is 35.9 Å². The highest BCUT2D eigenvalue weighted by molar-refractivity contribution is 5.12. The summed E-state index contributed by atoms with van der Waals surface area (Å²) in [6.07, 6.45) is 4.26. The van der Waals surface area contributed by atoms with Gasteiger partial charge in [0.05, 0.1) is 11.8 Å². The van der Waals surface area contributed by atoms with Crippen molar-refractivity contribution in [1.29, 1.82) is 0 Å². The molecule has 0 saturated carbocycles. The van der Waals surface area contributed by atoms with Crippen molar-refractivity contribution < 1.29 is 4.74 Å². The summed E-state index contributed by atoms with van der Waals surface area (Å²) in [7, 11) is 5.76. The Morgan fingerprint density at radius 2 is 2.20 bits per heavy atom. The average Bonchev–Trinajstić information content (AvgIpc) is 3.11. The first kappa shape index (κ1) is 13.3. The van der Waals surface area contributed by atoms with Crippen molar-refractivity contribution in [2.45, 2.75) is 18.6 Å². The largest absolute Gasteiger partial charge is 0.379 e. The van der Waals surface area contributed by atoms with Crippen LogP contribution in [0.3, 0.4) is 0 Å². The Morgan fingerprint density at radius 1 is 1.35 bits per heavy atom. The third-order valence-corrected chi connectivity index (χ3v) is 4.08. The zero-order chi connectivity index (χ0) is 14.1. The van der Waals surface area contributed by atoms with Crippen LogP contribution in [0.15, 0.2) is 24.5 Å². The Balaban J connectivity index is 1.73. The minimum atomic E-state index is 0.187. The zero-order valence-electron chi connectivity index (χ0n) is 12.2. The fourth-order valence-electron chi connectivity index (χ4n) is 2.93. The van der Waals surface area contributed by atoms with Crippen molar-refractivity contribution in [3.63, 3.8) is 0 Å². The molecule has 0 unspecified atom stereocenters. The lowest BCUT2D eigenvalue weighted by atomic mass is 10.0. The highest BCUT2D eigenvalue weighted by atomic mass is 16.5. The molecule has 1 saturated heterocycles. The summed E-state index contributed by atoms with van der Waals surface area (Å²) in [5.74, 6) is 0.300. The number of aryl methyl sites for hydroxylation is 2. The second-order valence-corrected chi connectivity index (χ2v) is 5.50. The van der Waals surface area contributed by atoms with Crippen LogP contribution in [-0.2, 0) is 25.4 Å². The Kier molecular flexibility index (Phi) is 3.58. The summed E-state index contributed by atoms with van der Waals surface area (Å²) in [6, 6.07) is 4.25. The number of nitrogens with zero attached hydrogens (tertiary/aromatic N) is 5. The first-order valence-corrected chi connectivity index (χ1v) is 6.89. The lowest BCUT2D eigenvalue weighted by Gasteiger charge is -2.15. The Morgan fingerprint density at radius 3 is 2.80 bits per heavy atom. The molecular weight excluding hydrogens is 254 g/mol.